The minimum absolute atomic E-state index is 0.208. The molecule has 0 aliphatic rings. The molecule has 0 aliphatic carbocycles. The van der Waals surface area contributed by atoms with Gasteiger partial charge in [-0.3, -0.25) is 0 Å². The first-order valence-corrected chi connectivity index (χ1v) is 6.63. The number of nitrogens with zero attached hydrogens (tertiary/aromatic N) is 2. The monoisotopic (exact) mass is 276 g/mol. The number of hydrogen-bond donors (Lipinski definition) is 0. The molecule has 2 aromatic rings. The maximum absolute atomic E-state index is 6.00. The van der Waals surface area contributed by atoms with Crippen molar-refractivity contribution in [1.29, 1.82) is 0 Å². The fourth-order valence-electron chi connectivity index (χ4n) is 1.67. The van der Waals surface area contributed by atoms with E-state index in [2.05, 4.69) is 23.0 Å². The number of rotatable bonds is 3. The number of aryl methyl sites for hydroxylation is 1. The molecular weight excluding hydrogens is 260 g/mol. The Morgan fingerprint density at radius 2 is 1.89 bits per heavy atom. The second-order valence-corrected chi connectivity index (χ2v) is 5.23. The molecule has 4 heteroatoms. The summed E-state index contributed by atoms with van der Waals surface area (Å²) in [6.45, 7) is 8.12. The van der Waals surface area contributed by atoms with Gasteiger partial charge in [-0.2, -0.15) is 4.98 Å². The van der Waals surface area contributed by atoms with Crippen molar-refractivity contribution in [2.45, 2.75) is 33.6 Å². The first-order chi connectivity index (χ1) is 8.97. The van der Waals surface area contributed by atoms with Crippen molar-refractivity contribution >= 4 is 11.6 Å². The van der Waals surface area contributed by atoms with Crippen LogP contribution in [0.3, 0.4) is 0 Å². The molecule has 100 valence electrons. The average Bonchev–Trinajstić information content (AvgIpc) is 2.34. The van der Waals surface area contributed by atoms with E-state index in [9.17, 15) is 0 Å². The summed E-state index contributed by atoms with van der Waals surface area (Å²) in [6.07, 6.45) is 0. The highest BCUT2D eigenvalue weighted by Crippen LogP contribution is 2.27. The molecule has 0 atom stereocenters. The minimum atomic E-state index is 0.208. The fourth-order valence-corrected chi connectivity index (χ4v) is 1.85. The molecule has 1 heterocycles. The first-order valence-electron chi connectivity index (χ1n) is 6.26. The molecule has 0 fully saturated rings. The molecule has 0 saturated heterocycles. The number of halogens is 1. The largest absolute Gasteiger partial charge is 0.439 e. The molecule has 0 spiro atoms. The van der Waals surface area contributed by atoms with Crippen LogP contribution in [-0.2, 0) is 0 Å². The van der Waals surface area contributed by atoms with Crippen molar-refractivity contribution in [3.05, 3.63) is 46.4 Å². The molecule has 0 N–H and O–H groups in total. The van der Waals surface area contributed by atoms with Crippen molar-refractivity contribution in [1.82, 2.24) is 9.97 Å². The van der Waals surface area contributed by atoms with Crippen LogP contribution in [0.15, 0.2) is 24.3 Å². The highest BCUT2D eigenvalue weighted by molar-refractivity contribution is 6.29. The average molecular weight is 277 g/mol. The van der Waals surface area contributed by atoms with Gasteiger partial charge in [-0.05, 0) is 31.0 Å². The topological polar surface area (TPSA) is 35.0 Å². The summed E-state index contributed by atoms with van der Waals surface area (Å²) < 4.78 is 5.83. The van der Waals surface area contributed by atoms with Gasteiger partial charge in [0.15, 0.2) is 0 Å². The lowest BCUT2D eigenvalue weighted by Crippen LogP contribution is -2.00. The van der Waals surface area contributed by atoms with E-state index in [1.807, 2.05) is 32.9 Å². The predicted octanol–water partition coefficient (Wildman–Crippen LogP) is 4.66. The molecule has 0 radical (unpaired) electrons. The normalized spacial score (nSPS) is 10.8. The van der Waals surface area contributed by atoms with Crippen LogP contribution in [0.25, 0.3) is 0 Å². The second-order valence-electron chi connectivity index (χ2n) is 4.84. The minimum Gasteiger partial charge on any atom is -0.439 e. The molecule has 0 bridgehead atoms. The summed E-state index contributed by atoms with van der Waals surface area (Å²) in [7, 11) is 0. The number of ether oxygens (including phenoxy) is 1. The van der Waals surface area contributed by atoms with Gasteiger partial charge in [0.2, 0.25) is 5.88 Å². The summed E-state index contributed by atoms with van der Waals surface area (Å²) in [5.74, 6) is 2.18. The Kier molecular flexibility index (Phi) is 4.05. The number of hydrogen-bond acceptors (Lipinski definition) is 3. The van der Waals surface area contributed by atoms with Crippen molar-refractivity contribution in [3.8, 4) is 11.6 Å². The fraction of sp³-hybridized carbons (Fsp3) is 0.333. The molecule has 3 nitrogen and oxygen atoms in total. The highest BCUT2D eigenvalue weighted by atomic mass is 35.5. The van der Waals surface area contributed by atoms with Crippen LogP contribution in [0.4, 0.5) is 0 Å². The van der Waals surface area contributed by atoms with Gasteiger partial charge in [0.1, 0.15) is 16.7 Å². The van der Waals surface area contributed by atoms with E-state index >= 15 is 0 Å². The van der Waals surface area contributed by atoms with E-state index in [1.54, 1.807) is 6.07 Å². The van der Waals surface area contributed by atoms with Gasteiger partial charge in [-0.25, -0.2) is 4.98 Å². The van der Waals surface area contributed by atoms with E-state index in [1.165, 1.54) is 5.56 Å². The van der Waals surface area contributed by atoms with E-state index in [4.69, 9.17) is 16.3 Å². The van der Waals surface area contributed by atoms with Crippen LogP contribution >= 0.6 is 11.6 Å². The van der Waals surface area contributed by atoms with Crippen molar-refractivity contribution < 1.29 is 4.74 Å². The third kappa shape index (κ3) is 3.24. The highest BCUT2D eigenvalue weighted by Gasteiger charge is 2.10. The summed E-state index contributed by atoms with van der Waals surface area (Å²) in [5.41, 5.74) is 2.28. The molecule has 0 saturated carbocycles. The lowest BCUT2D eigenvalue weighted by atomic mass is 10.1. The molecule has 0 amide bonds. The van der Waals surface area contributed by atoms with Crippen molar-refractivity contribution in [2.24, 2.45) is 0 Å². The molecule has 0 aliphatic heterocycles. The van der Waals surface area contributed by atoms with Gasteiger partial charge in [-0.15, -0.1) is 0 Å². The van der Waals surface area contributed by atoms with E-state index < -0.39 is 0 Å². The zero-order valence-electron chi connectivity index (χ0n) is 11.6. The molecule has 19 heavy (non-hydrogen) atoms. The Hall–Kier alpha value is -1.61. The lowest BCUT2D eigenvalue weighted by Gasteiger charge is -2.11. The predicted molar refractivity (Wildman–Crippen MR) is 77.1 cm³/mol. The van der Waals surface area contributed by atoms with Gasteiger partial charge in [0, 0.05) is 12.0 Å². The summed E-state index contributed by atoms with van der Waals surface area (Å²) in [5, 5.41) is 0.402. The van der Waals surface area contributed by atoms with Gasteiger partial charge >= 0.3 is 0 Å². The molecule has 1 aromatic heterocycles. The quantitative estimate of drug-likeness (QED) is 0.765. The van der Waals surface area contributed by atoms with Crippen LogP contribution in [0.1, 0.15) is 36.7 Å². The molecule has 0 unspecified atom stereocenters. The van der Waals surface area contributed by atoms with Crippen LogP contribution < -0.4 is 4.74 Å². The first kappa shape index (κ1) is 13.8. The van der Waals surface area contributed by atoms with E-state index in [0.29, 0.717) is 16.9 Å². The van der Waals surface area contributed by atoms with Crippen LogP contribution in [0.2, 0.25) is 5.15 Å². The number of aromatic nitrogens is 2. The van der Waals surface area contributed by atoms with Gasteiger partial charge in [0.25, 0.3) is 0 Å². The van der Waals surface area contributed by atoms with Gasteiger partial charge < -0.3 is 4.74 Å². The zero-order chi connectivity index (χ0) is 14.0. The summed E-state index contributed by atoms with van der Waals surface area (Å²) >= 11 is 6.00. The zero-order valence-corrected chi connectivity index (χ0v) is 12.3. The smallest absolute Gasteiger partial charge is 0.224 e. The molecular formula is C15H17ClN2O. The third-order valence-electron chi connectivity index (χ3n) is 2.97. The lowest BCUT2D eigenvalue weighted by molar-refractivity contribution is 0.453. The SMILES string of the molecule is Cc1cccc(Oc2cc(Cl)nc(C(C)C)n2)c1C. The van der Waals surface area contributed by atoms with Crippen LogP contribution in [-0.4, -0.2) is 9.97 Å². The Morgan fingerprint density at radius 1 is 1.16 bits per heavy atom. The summed E-state index contributed by atoms with van der Waals surface area (Å²) in [6, 6.07) is 7.57. The Balaban J connectivity index is 2.35. The van der Waals surface area contributed by atoms with Gasteiger partial charge in [0.05, 0.1) is 0 Å². The number of benzene rings is 1. The van der Waals surface area contributed by atoms with Crippen molar-refractivity contribution in [2.75, 3.05) is 0 Å². The second kappa shape index (κ2) is 5.57. The molecule has 1 aromatic carbocycles. The van der Waals surface area contributed by atoms with Crippen molar-refractivity contribution in [3.63, 3.8) is 0 Å². The summed E-state index contributed by atoms with van der Waals surface area (Å²) in [4.78, 5) is 8.57. The van der Waals surface area contributed by atoms with Gasteiger partial charge in [-0.1, -0.05) is 37.6 Å². The maximum Gasteiger partial charge on any atom is 0.224 e. The van der Waals surface area contributed by atoms with E-state index in [-0.39, 0.29) is 5.92 Å². The Labute approximate surface area is 118 Å². The Morgan fingerprint density at radius 3 is 2.58 bits per heavy atom. The Bertz CT molecular complexity index is 597. The van der Waals surface area contributed by atoms with Crippen LogP contribution in [0, 0.1) is 13.8 Å². The standard InChI is InChI=1S/C15H17ClN2O/c1-9(2)15-17-13(16)8-14(18-15)19-12-7-5-6-10(3)11(12)4/h5-9H,1-4H3. The third-order valence-corrected chi connectivity index (χ3v) is 3.17. The van der Waals surface area contributed by atoms with Crippen LogP contribution in [0.5, 0.6) is 11.6 Å². The molecule has 2 rings (SSSR count). The van der Waals surface area contributed by atoms with E-state index in [0.717, 1.165) is 11.3 Å². The maximum atomic E-state index is 6.00.